The molecule has 0 atom stereocenters. The molecule has 2 saturated carbocycles. The maximum atomic E-state index is 2.64. The molecule has 0 nitrogen and oxygen atoms in total. The zero-order valence-corrected chi connectivity index (χ0v) is 24.3. The Morgan fingerprint density at radius 1 is 0.459 bits per heavy atom. The largest absolute Gasteiger partial charge is 0.0588 e. The first-order valence-electron chi connectivity index (χ1n) is 15.1. The SMILES string of the molecule is Cc1ccc(C(c2cc(C3CCCCC3)c(C)cc2C)c2cc(C3CCCCC3)c(C)cc2C)cc1C. The number of benzene rings is 3. The summed E-state index contributed by atoms with van der Waals surface area (Å²) in [5.41, 5.74) is 16.4. The zero-order chi connectivity index (χ0) is 26.1. The van der Waals surface area contributed by atoms with Gasteiger partial charge in [0.05, 0.1) is 0 Å². The third-order valence-corrected chi connectivity index (χ3v) is 9.89. The third-order valence-electron chi connectivity index (χ3n) is 9.89. The lowest BCUT2D eigenvalue weighted by Crippen LogP contribution is -2.13. The lowest BCUT2D eigenvalue weighted by Gasteiger charge is -2.30. The van der Waals surface area contributed by atoms with Gasteiger partial charge in [-0.2, -0.15) is 0 Å². The monoisotopic (exact) mass is 492 g/mol. The van der Waals surface area contributed by atoms with Crippen molar-refractivity contribution in [3.05, 3.63) is 104 Å². The highest BCUT2D eigenvalue weighted by atomic mass is 14.3. The van der Waals surface area contributed by atoms with Gasteiger partial charge in [-0.15, -0.1) is 0 Å². The summed E-state index contributed by atoms with van der Waals surface area (Å²) in [6, 6.07) is 17.5. The van der Waals surface area contributed by atoms with Crippen LogP contribution in [0.4, 0.5) is 0 Å². The Bertz CT molecular complexity index is 1170. The van der Waals surface area contributed by atoms with Gasteiger partial charge in [-0.1, -0.05) is 81.0 Å². The van der Waals surface area contributed by atoms with Gasteiger partial charge in [0.2, 0.25) is 0 Å². The molecule has 0 N–H and O–H groups in total. The Balaban J connectivity index is 1.70. The van der Waals surface area contributed by atoms with E-state index in [1.54, 1.807) is 11.1 Å². The van der Waals surface area contributed by atoms with Crippen LogP contribution in [0, 0.1) is 41.5 Å². The maximum Gasteiger partial charge on any atom is 0.0345 e. The van der Waals surface area contributed by atoms with E-state index in [0.29, 0.717) is 0 Å². The molecule has 0 heteroatoms. The van der Waals surface area contributed by atoms with Crippen LogP contribution in [0.5, 0.6) is 0 Å². The highest BCUT2D eigenvalue weighted by Crippen LogP contribution is 2.43. The Labute approximate surface area is 226 Å². The number of aryl methyl sites for hydroxylation is 6. The molecular formula is C37H48. The van der Waals surface area contributed by atoms with Crippen LogP contribution in [0.3, 0.4) is 0 Å². The smallest absolute Gasteiger partial charge is 0.0345 e. The van der Waals surface area contributed by atoms with Gasteiger partial charge < -0.3 is 0 Å². The van der Waals surface area contributed by atoms with E-state index in [2.05, 4.69) is 84.0 Å². The van der Waals surface area contributed by atoms with Gasteiger partial charge in [0.15, 0.2) is 0 Å². The number of rotatable bonds is 5. The summed E-state index contributed by atoms with van der Waals surface area (Å²) >= 11 is 0. The second-order valence-electron chi connectivity index (χ2n) is 12.6. The summed E-state index contributed by atoms with van der Waals surface area (Å²) in [4.78, 5) is 0. The Kier molecular flexibility index (Phi) is 7.94. The molecule has 0 aliphatic heterocycles. The van der Waals surface area contributed by atoms with E-state index in [4.69, 9.17) is 0 Å². The quantitative estimate of drug-likeness (QED) is 0.311. The second kappa shape index (κ2) is 11.2. The fraction of sp³-hybridized carbons (Fsp3) is 0.514. The molecular weight excluding hydrogens is 444 g/mol. The average molecular weight is 493 g/mol. The molecule has 196 valence electrons. The minimum atomic E-state index is 0.283. The maximum absolute atomic E-state index is 2.64. The first-order chi connectivity index (χ1) is 17.8. The molecule has 0 unspecified atom stereocenters. The molecule has 0 spiro atoms. The van der Waals surface area contributed by atoms with Gasteiger partial charge in [-0.3, -0.25) is 0 Å². The summed E-state index contributed by atoms with van der Waals surface area (Å²) < 4.78 is 0. The predicted octanol–water partition coefficient (Wildman–Crippen LogP) is 10.8. The van der Waals surface area contributed by atoms with Crippen molar-refractivity contribution in [3.63, 3.8) is 0 Å². The summed E-state index contributed by atoms with van der Waals surface area (Å²) in [6.45, 7) is 13.9. The minimum absolute atomic E-state index is 0.283. The van der Waals surface area contributed by atoms with Crippen molar-refractivity contribution in [3.8, 4) is 0 Å². The number of hydrogen-bond acceptors (Lipinski definition) is 0. The second-order valence-corrected chi connectivity index (χ2v) is 12.6. The van der Waals surface area contributed by atoms with Crippen LogP contribution in [0.1, 0.15) is 143 Å². The van der Waals surface area contributed by atoms with Gasteiger partial charge in [-0.05, 0) is 140 Å². The summed E-state index contributed by atoms with van der Waals surface area (Å²) in [5.74, 6) is 1.74. The first kappa shape index (κ1) is 26.3. The standard InChI is InChI=1S/C37H48/c1-24-17-18-32(21-25(24)2)37(35-22-33(26(3)19-28(35)5)30-13-9-7-10-14-30)36-23-34(27(4)20-29(36)6)31-15-11-8-12-16-31/h17-23,30-31,37H,7-16H2,1-6H3. The molecule has 0 bridgehead atoms. The van der Waals surface area contributed by atoms with Crippen LogP contribution >= 0.6 is 0 Å². The Hall–Kier alpha value is -2.34. The summed E-state index contributed by atoms with van der Waals surface area (Å²) in [5, 5.41) is 0. The summed E-state index contributed by atoms with van der Waals surface area (Å²) in [6.07, 6.45) is 13.8. The molecule has 2 aliphatic carbocycles. The van der Waals surface area contributed by atoms with Crippen LogP contribution in [0.2, 0.25) is 0 Å². The van der Waals surface area contributed by atoms with Gasteiger partial charge in [-0.25, -0.2) is 0 Å². The zero-order valence-electron chi connectivity index (χ0n) is 24.3. The fourth-order valence-electron chi connectivity index (χ4n) is 7.57. The molecule has 0 aromatic heterocycles. The molecule has 3 aromatic carbocycles. The first-order valence-corrected chi connectivity index (χ1v) is 15.1. The molecule has 0 radical (unpaired) electrons. The fourth-order valence-corrected chi connectivity index (χ4v) is 7.57. The summed E-state index contributed by atoms with van der Waals surface area (Å²) in [7, 11) is 0. The molecule has 2 aliphatic rings. The molecule has 0 amide bonds. The van der Waals surface area contributed by atoms with Crippen molar-refractivity contribution in [2.75, 3.05) is 0 Å². The van der Waals surface area contributed by atoms with E-state index in [1.165, 1.54) is 114 Å². The van der Waals surface area contributed by atoms with E-state index in [0.717, 1.165) is 11.8 Å². The van der Waals surface area contributed by atoms with Gasteiger partial charge in [0.1, 0.15) is 0 Å². The Morgan fingerprint density at radius 3 is 1.35 bits per heavy atom. The predicted molar refractivity (Wildman–Crippen MR) is 160 cm³/mol. The van der Waals surface area contributed by atoms with E-state index < -0.39 is 0 Å². The molecule has 5 rings (SSSR count). The van der Waals surface area contributed by atoms with Crippen LogP contribution in [-0.2, 0) is 0 Å². The van der Waals surface area contributed by atoms with Crippen molar-refractivity contribution < 1.29 is 0 Å². The molecule has 2 fully saturated rings. The van der Waals surface area contributed by atoms with E-state index >= 15 is 0 Å². The van der Waals surface area contributed by atoms with Crippen molar-refractivity contribution in [2.24, 2.45) is 0 Å². The van der Waals surface area contributed by atoms with Gasteiger partial charge >= 0.3 is 0 Å². The van der Waals surface area contributed by atoms with Crippen molar-refractivity contribution in [2.45, 2.75) is 124 Å². The van der Waals surface area contributed by atoms with Crippen molar-refractivity contribution in [1.29, 1.82) is 0 Å². The molecule has 3 aromatic rings. The lowest BCUT2D eigenvalue weighted by atomic mass is 9.74. The van der Waals surface area contributed by atoms with Crippen LogP contribution in [0.25, 0.3) is 0 Å². The number of hydrogen-bond donors (Lipinski definition) is 0. The van der Waals surface area contributed by atoms with E-state index in [-0.39, 0.29) is 5.92 Å². The molecule has 0 saturated heterocycles. The highest BCUT2D eigenvalue weighted by Gasteiger charge is 2.27. The van der Waals surface area contributed by atoms with Crippen molar-refractivity contribution >= 4 is 0 Å². The minimum Gasteiger partial charge on any atom is -0.0588 e. The Morgan fingerprint density at radius 2 is 0.919 bits per heavy atom. The normalized spacial score (nSPS) is 17.5. The van der Waals surface area contributed by atoms with E-state index in [1.807, 2.05) is 0 Å². The third kappa shape index (κ3) is 5.45. The van der Waals surface area contributed by atoms with E-state index in [9.17, 15) is 0 Å². The van der Waals surface area contributed by atoms with Gasteiger partial charge in [0.25, 0.3) is 0 Å². The van der Waals surface area contributed by atoms with Crippen LogP contribution in [-0.4, -0.2) is 0 Å². The molecule has 37 heavy (non-hydrogen) atoms. The van der Waals surface area contributed by atoms with Gasteiger partial charge in [0, 0.05) is 5.92 Å². The topological polar surface area (TPSA) is 0 Å². The molecule has 0 heterocycles. The average Bonchev–Trinajstić information content (AvgIpc) is 2.89. The van der Waals surface area contributed by atoms with Crippen molar-refractivity contribution in [1.82, 2.24) is 0 Å². The van der Waals surface area contributed by atoms with Crippen LogP contribution < -0.4 is 0 Å². The lowest BCUT2D eigenvalue weighted by molar-refractivity contribution is 0.442. The highest BCUT2D eigenvalue weighted by molar-refractivity contribution is 5.54. The van der Waals surface area contributed by atoms with Crippen LogP contribution in [0.15, 0.2) is 42.5 Å².